The highest BCUT2D eigenvalue weighted by Gasteiger charge is 2.33. The summed E-state index contributed by atoms with van der Waals surface area (Å²) in [7, 11) is 0. The normalized spacial score (nSPS) is 11.4. The van der Waals surface area contributed by atoms with Gasteiger partial charge in [-0.3, -0.25) is 14.6 Å². The Morgan fingerprint density at radius 3 is 2.50 bits per heavy atom. The maximum absolute atomic E-state index is 13.0. The minimum Gasteiger partial charge on any atom is -0.321 e. The molecule has 0 aliphatic carbocycles. The Morgan fingerprint density at radius 2 is 1.81 bits per heavy atom. The Morgan fingerprint density at radius 1 is 1.03 bits per heavy atom. The standard InChI is InChI=1S/C21H13Cl2F3N4O2/c22-14-4-6-18(29-19(31)13-2-1-7-27-11-13)15(9-14)20(32)30-28-10-12-3-5-17(23)16(8-12)21(24,25)26/h1-11H,(H,29,31)(H,30,32). The maximum atomic E-state index is 13.0. The summed E-state index contributed by atoms with van der Waals surface area (Å²) in [6, 6.07) is 10.6. The van der Waals surface area contributed by atoms with Crippen molar-refractivity contribution in [1.82, 2.24) is 10.4 Å². The number of halogens is 5. The van der Waals surface area contributed by atoms with Crippen LogP contribution < -0.4 is 10.7 Å². The molecular weight excluding hydrogens is 468 g/mol. The van der Waals surface area contributed by atoms with Crippen molar-refractivity contribution in [3.8, 4) is 0 Å². The van der Waals surface area contributed by atoms with Crippen molar-refractivity contribution < 1.29 is 22.8 Å². The third-order valence-electron chi connectivity index (χ3n) is 4.07. The molecule has 0 spiro atoms. The Hall–Kier alpha value is -3.43. The molecule has 3 aromatic rings. The van der Waals surface area contributed by atoms with Crippen molar-refractivity contribution in [3.05, 3.63) is 93.2 Å². The third-order valence-corrected chi connectivity index (χ3v) is 4.64. The van der Waals surface area contributed by atoms with Crippen LogP contribution in [0.3, 0.4) is 0 Å². The highest BCUT2D eigenvalue weighted by atomic mass is 35.5. The number of rotatable bonds is 5. The Bertz CT molecular complexity index is 1190. The molecule has 2 amide bonds. The topological polar surface area (TPSA) is 83.5 Å². The molecule has 1 aromatic heterocycles. The van der Waals surface area contributed by atoms with E-state index in [0.29, 0.717) is 0 Å². The van der Waals surface area contributed by atoms with E-state index < -0.39 is 28.6 Å². The van der Waals surface area contributed by atoms with Gasteiger partial charge in [-0.05, 0) is 48.0 Å². The minimum absolute atomic E-state index is 0.000947. The van der Waals surface area contributed by atoms with Crippen LogP contribution in [0, 0.1) is 0 Å². The van der Waals surface area contributed by atoms with Gasteiger partial charge in [-0.1, -0.05) is 29.3 Å². The van der Waals surface area contributed by atoms with Gasteiger partial charge in [0.05, 0.1) is 33.6 Å². The van der Waals surface area contributed by atoms with Gasteiger partial charge in [0.25, 0.3) is 11.8 Å². The van der Waals surface area contributed by atoms with Crippen LogP contribution in [0.2, 0.25) is 10.0 Å². The summed E-state index contributed by atoms with van der Waals surface area (Å²) in [5.41, 5.74) is 1.67. The minimum atomic E-state index is -4.63. The van der Waals surface area contributed by atoms with Gasteiger partial charge >= 0.3 is 6.18 Å². The lowest BCUT2D eigenvalue weighted by atomic mass is 10.1. The third kappa shape index (κ3) is 5.83. The number of carbonyl (C=O) groups is 2. The van der Waals surface area contributed by atoms with Gasteiger partial charge < -0.3 is 5.32 Å². The highest BCUT2D eigenvalue weighted by molar-refractivity contribution is 6.31. The zero-order valence-corrected chi connectivity index (χ0v) is 17.5. The van der Waals surface area contributed by atoms with Gasteiger partial charge in [0.15, 0.2) is 0 Å². The summed E-state index contributed by atoms with van der Waals surface area (Å²) >= 11 is 11.5. The number of pyridine rings is 1. The quantitative estimate of drug-likeness (QED) is 0.377. The Labute approximate surface area is 190 Å². The monoisotopic (exact) mass is 480 g/mol. The molecular formula is C21H13Cl2F3N4O2. The molecule has 32 heavy (non-hydrogen) atoms. The first-order valence-corrected chi connectivity index (χ1v) is 9.62. The van der Waals surface area contributed by atoms with Crippen LogP contribution >= 0.6 is 23.2 Å². The molecule has 6 nitrogen and oxygen atoms in total. The van der Waals surface area contributed by atoms with E-state index in [4.69, 9.17) is 23.2 Å². The van der Waals surface area contributed by atoms with E-state index in [9.17, 15) is 22.8 Å². The second-order valence-corrected chi connectivity index (χ2v) is 7.17. The SMILES string of the molecule is O=C(Nc1ccc(Cl)cc1C(=O)NN=Cc1ccc(Cl)c(C(F)(F)F)c1)c1cccnc1. The number of hydrogen-bond acceptors (Lipinski definition) is 4. The maximum Gasteiger partial charge on any atom is 0.417 e. The van der Waals surface area contributed by atoms with E-state index in [0.717, 1.165) is 18.3 Å². The zero-order chi connectivity index (χ0) is 23.3. The zero-order valence-electron chi connectivity index (χ0n) is 16.0. The van der Waals surface area contributed by atoms with Crippen LogP contribution in [0.5, 0.6) is 0 Å². The molecule has 0 unspecified atom stereocenters. The van der Waals surface area contributed by atoms with Crippen LogP contribution in [-0.2, 0) is 6.18 Å². The van der Waals surface area contributed by atoms with Crippen molar-refractivity contribution in [2.24, 2.45) is 5.10 Å². The van der Waals surface area contributed by atoms with Gasteiger partial charge in [-0.2, -0.15) is 18.3 Å². The number of hydrazone groups is 1. The van der Waals surface area contributed by atoms with E-state index in [-0.39, 0.29) is 27.4 Å². The van der Waals surface area contributed by atoms with Crippen molar-refractivity contribution >= 4 is 46.9 Å². The van der Waals surface area contributed by atoms with Gasteiger partial charge in [0.1, 0.15) is 0 Å². The lowest BCUT2D eigenvalue weighted by molar-refractivity contribution is -0.137. The molecule has 2 N–H and O–H groups in total. The number of aromatic nitrogens is 1. The van der Waals surface area contributed by atoms with Crippen LogP contribution in [0.15, 0.2) is 66.0 Å². The number of anilines is 1. The second kappa shape index (κ2) is 9.80. The molecule has 0 atom stereocenters. The van der Waals surface area contributed by atoms with E-state index in [2.05, 4.69) is 20.8 Å². The van der Waals surface area contributed by atoms with Gasteiger partial charge in [-0.25, -0.2) is 5.43 Å². The molecule has 0 fully saturated rings. The lowest BCUT2D eigenvalue weighted by Crippen LogP contribution is -2.21. The molecule has 0 bridgehead atoms. The Balaban J connectivity index is 1.77. The van der Waals surface area contributed by atoms with Crippen LogP contribution in [0.25, 0.3) is 0 Å². The first kappa shape index (κ1) is 23.2. The predicted molar refractivity (Wildman–Crippen MR) is 115 cm³/mol. The van der Waals surface area contributed by atoms with Crippen LogP contribution in [0.1, 0.15) is 31.8 Å². The highest BCUT2D eigenvalue weighted by Crippen LogP contribution is 2.34. The molecule has 0 radical (unpaired) electrons. The molecule has 2 aromatic carbocycles. The summed E-state index contributed by atoms with van der Waals surface area (Å²) in [6.45, 7) is 0. The van der Waals surface area contributed by atoms with Crippen molar-refractivity contribution in [3.63, 3.8) is 0 Å². The molecule has 11 heteroatoms. The smallest absolute Gasteiger partial charge is 0.321 e. The fourth-order valence-electron chi connectivity index (χ4n) is 2.57. The fourth-order valence-corrected chi connectivity index (χ4v) is 2.97. The largest absolute Gasteiger partial charge is 0.417 e. The number of benzene rings is 2. The average Bonchev–Trinajstić information content (AvgIpc) is 2.75. The fraction of sp³-hybridized carbons (Fsp3) is 0.0476. The van der Waals surface area contributed by atoms with Crippen molar-refractivity contribution in [2.75, 3.05) is 5.32 Å². The number of nitrogens with zero attached hydrogens (tertiary/aromatic N) is 2. The first-order chi connectivity index (χ1) is 15.1. The van der Waals surface area contributed by atoms with Gasteiger partial charge in [-0.15, -0.1) is 0 Å². The van der Waals surface area contributed by atoms with Crippen LogP contribution in [-0.4, -0.2) is 23.0 Å². The molecule has 0 saturated carbocycles. The molecule has 3 rings (SSSR count). The predicted octanol–water partition coefficient (Wildman–Crippen LogP) is 5.42. The Kier molecular flexibility index (Phi) is 7.12. The molecule has 1 heterocycles. The summed E-state index contributed by atoms with van der Waals surface area (Å²) in [4.78, 5) is 28.8. The van der Waals surface area contributed by atoms with E-state index >= 15 is 0 Å². The summed E-state index contributed by atoms with van der Waals surface area (Å²) in [5, 5.41) is 6.04. The van der Waals surface area contributed by atoms with E-state index in [1.54, 1.807) is 12.1 Å². The van der Waals surface area contributed by atoms with Gasteiger partial charge in [0, 0.05) is 17.4 Å². The van der Waals surface area contributed by atoms with E-state index in [1.165, 1.54) is 36.7 Å². The second-order valence-electron chi connectivity index (χ2n) is 6.32. The molecule has 0 saturated heterocycles. The summed E-state index contributed by atoms with van der Waals surface area (Å²) in [5.74, 6) is -1.24. The van der Waals surface area contributed by atoms with Crippen molar-refractivity contribution in [2.45, 2.75) is 6.18 Å². The number of amides is 2. The summed E-state index contributed by atoms with van der Waals surface area (Å²) < 4.78 is 38.9. The van der Waals surface area contributed by atoms with Crippen molar-refractivity contribution in [1.29, 1.82) is 0 Å². The number of alkyl halides is 3. The van der Waals surface area contributed by atoms with Crippen LogP contribution in [0.4, 0.5) is 18.9 Å². The summed E-state index contributed by atoms with van der Waals surface area (Å²) in [6.07, 6.45) is -0.737. The lowest BCUT2D eigenvalue weighted by Gasteiger charge is -2.11. The number of hydrogen-bond donors (Lipinski definition) is 2. The van der Waals surface area contributed by atoms with Gasteiger partial charge in [0.2, 0.25) is 0 Å². The van der Waals surface area contributed by atoms with E-state index in [1.807, 2.05) is 0 Å². The first-order valence-electron chi connectivity index (χ1n) is 8.86. The molecule has 164 valence electrons. The molecule has 0 aliphatic heterocycles. The number of nitrogens with one attached hydrogen (secondary N) is 2. The number of carbonyl (C=O) groups excluding carboxylic acids is 2. The molecule has 0 aliphatic rings. The average molecular weight is 481 g/mol.